The molecule has 3 aromatic rings. The van der Waals surface area contributed by atoms with Gasteiger partial charge in [-0.25, -0.2) is 4.98 Å². The van der Waals surface area contributed by atoms with Gasteiger partial charge in [0.15, 0.2) is 0 Å². The number of nitrogens with two attached hydrogens (primary N) is 1. The van der Waals surface area contributed by atoms with Gasteiger partial charge in [0.2, 0.25) is 0 Å². The minimum absolute atomic E-state index is 0.721. The van der Waals surface area contributed by atoms with Crippen LogP contribution in [0.3, 0.4) is 0 Å². The maximum Gasteiger partial charge on any atom is 0.144 e. The maximum atomic E-state index is 5.87. The summed E-state index contributed by atoms with van der Waals surface area (Å²) >= 11 is 5.87. The van der Waals surface area contributed by atoms with Crippen molar-refractivity contribution < 1.29 is 0 Å². The molecule has 0 fully saturated rings. The first-order valence-electron chi connectivity index (χ1n) is 5.22. The predicted octanol–water partition coefficient (Wildman–Crippen LogP) is 3.24. The van der Waals surface area contributed by atoms with Crippen LogP contribution in [0.4, 0.5) is 5.69 Å². The van der Waals surface area contributed by atoms with Crippen molar-refractivity contribution in [3.63, 3.8) is 0 Å². The number of fused-ring (bicyclic) bond motifs is 1. The Morgan fingerprint density at radius 3 is 2.65 bits per heavy atom. The molecule has 2 aromatic heterocycles. The first-order valence-corrected chi connectivity index (χ1v) is 5.60. The van der Waals surface area contributed by atoms with Crippen molar-refractivity contribution in [1.29, 1.82) is 0 Å². The third-order valence-electron chi connectivity index (χ3n) is 2.66. The van der Waals surface area contributed by atoms with Crippen LogP contribution in [0.25, 0.3) is 16.9 Å². The Morgan fingerprint density at radius 2 is 1.88 bits per heavy atom. The molecule has 0 aliphatic heterocycles. The Morgan fingerprint density at radius 1 is 1.12 bits per heavy atom. The van der Waals surface area contributed by atoms with Crippen molar-refractivity contribution in [3.05, 3.63) is 53.8 Å². The standard InChI is InChI=1S/C13H10ClN3/c14-10-3-1-9(2-4-10)13-16-8-12-7-11(15)5-6-17(12)13/h1-8H,15H2. The molecule has 0 amide bonds. The van der Waals surface area contributed by atoms with Crippen molar-refractivity contribution >= 4 is 22.8 Å². The zero-order valence-electron chi connectivity index (χ0n) is 8.97. The molecule has 2 N–H and O–H groups in total. The fourth-order valence-corrected chi connectivity index (χ4v) is 1.96. The van der Waals surface area contributed by atoms with Gasteiger partial charge in [0.25, 0.3) is 0 Å². The van der Waals surface area contributed by atoms with Crippen LogP contribution in [0.5, 0.6) is 0 Å². The van der Waals surface area contributed by atoms with Crippen LogP contribution >= 0.6 is 11.6 Å². The van der Waals surface area contributed by atoms with Crippen LogP contribution in [0.2, 0.25) is 5.02 Å². The molecule has 0 unspecified atom stereocenters. The van der Waals surface area contributed by atoms with Crippen molar-refractivity contribution in [2.75, 3.05) is 5.73 Å². The molecule has 3 nitrogen and oxygen atoms in total. The Kier molecular flexibility index (Phi) is 2.27. The highest BCUT2D eigenvalue weighted by Crippen LogP contribution is 2.22. The number of imidazole rings is 1. The normalized spacial score (nSPS) is 10.9. The molecule has 0 saturated carbocycles. The fraction of sp³-hybridized carbons (Fsp3) is 0. The lowest BCUT2D eigenvalue weighted by Crippen LogP contribution is -1.91. The van der Waals surface area contributed by atoms with E-state index in [0.717, 1.165) is 27.6 Å². The van der Waals surface area contributed by atoms with E-state index in [1.165, 1.54) is 0 Å². The highest BCUT2D eigenvalue weighted by atomic mass is 35.5. The van der Waals surface area contributed by atoms with Gasteiger partial charge in [-0.15, -0.1) is 0 Å². The number of hydrogen-bond acceptors (Lipinski definition) is 2. The van der Waals surface area contributed by atoms with Gasteiger partial charge >= 0.3 is 0 Å². The molecule has 0 saturated heterocycles. The SMILES string of the molecule is Nc1ccn2c(-c3ccc(Cl)cc3)ncc2c1. The quantitative estimate of drug-likeness (QED) is 0.713. The van der Waals surface area contributed by atoms with E-state index >= 15 is 0 Å². The molecular formula is C13H10ClN3. The number of rotatable bonds is 1. The smallest absolute Gasteiger partial charge is 0.144 e. The van der Waals surface area contributed by atoms with E-state index < -0.39 is 0 Å². The number of anilines is 1. The molecule has 4 heteroatoms. The second-order valence-corrected chi connectivity index (χ2v) is 4.28. The zero-order valence-corrected chi connectivity index (χ0v) is 9.72. The van der Waals surface area contributed by atoms with E-state index in [1.54, 1.807) is 6.20 Å². The zero-order chi connectivity index (χ0) is 11.8. The number of aromatic nitrogens is 2. The van der Waals surface area contributed by atoms with Crippen molar-refractivity contribution in [1.82, 2.24) is 9.38 Å². The van der Waals surface area contributed by atoms with Crippen LogP contribution in [0, 0.1) is 0 Å². The molecule has 2 heterocycles. The Hall–Kier alpha value is -2.00. The second-order valence-electron chi connectivity index (χ2n) is 3.84. The van der Waals surface area contributed by atoms with Gasteiger partial charge in [-0.1, -0.05) is 11.6 Å². The summed E-state index contributed by atoms with van der Waals surface area (Å²) in [5.74, 6) is 0.886. The van der Waals surface area contributed by atoms with E-state index in [0.29, 0.717) is 0 Å². The number of pyridine rings is 1. The summed E-state index contributed by atoms with van der Waals surface area (Å²) < 4.78 is 2.00. The first-order chi connectivity index (χ1) is 8.24. The van der Waals surface area contributed by atoms with Gasteiger partial charge in [0, 0.05) is 22.5 Å². The number of nitrogens with zero attached hydrogens (tertiary/aromatic N) is 2. The summed E-state index contributed by atoms with van der Waals surface area (Å²) in [7, 11) is 0. The lowest BCUT2D eigenvalue weighted by atomic mass is 10.2. The summed E-state index contributed by atoms with van der Waals surface area (Å²) in [6.45, 7) is 0. The molecule has 0 atom stereocenters. The van der Waals surface area contributed by atoms with Gasteiger partial charge < -0.3 is 5.73 Å². The van der Waals surface area contributed by atoms with Crippen molar-refractivity contribution in [2.45, 2.75) is 0 Å². The van der Waals surface area contributed by atoms with Crippen LogP contribution in [0.1, 0.15) is 0 Å². The average molecular weight is 244 g/mol. The van der Waals surface area contributed by atoms with E-state index in [-0.39, 0.29) is 0 Å². The molecule has 0 aliphatic carbocycles. The summed E-state index contributed by atoms with van der Waals surface area (Å²) in [5.41, 5.74) is 8.48. The molecular weight excluding hydrogens is 234 g/mol. The Balaban J connectivity index is 2.21. The predicted molar refractivity (Wildman–Crippen MR) is 70.1 cm³/mol. The molecule has 1 aromatic carbocycles. The Labute approximate surface area is 103 Å². The number of hydrogen-bond donors (Lipinski definition) is 1. The van der Waals surface area contributed by atoms with Gasteiger partial charge in [0.05, 0.1) is 11.7 Å². The van der Waals surface area contributed by atoms with Crippen LogP contribution in [0.15, 0.2) is 48.8 Å². The number of benzene rings is 1. The molecule has 0 bridgehead atoms. The maximum absolute atomic E-state index is 5.87. The topological polar surface area (TPSA) is 43.3 Å². The number of halogens is 1. The van der Waals surface area contributed by atoms with E-state index in [1.807, 2.05) is 47.0 Å². The Bertz CT molecular complexity index is 671. The molecule has 0 spiro atoms. The van der Waals surface area contributed by atoms with Crippen LogP contribution < -0.4 is 5.73 Å². The van der Waals surface area contributed by atoms with Gasteiger partial charge in [-0.3, -0.25) is 4.40 Å². The summed E-state index contributed by atoms with van der Waals surface area (Å²) in [6.07, 6.45) is 3.72. The van der Waals surface area contributed by atoms with Crippen molar-refractivity contribution in [3.8, 4) is 11.4 Å². The molecule has 0 radical (unpaired) electrons. The van der Waals surface area contributed by atoms with Crippen LogP contribution in [-0.4, -0.2) is 9.38 Å². The van der Waals surface area contributed by atoms with E-state index in [9.17, 15) is 0 Å². The molecule has 17 heavy (non-hydrogen) atoms. The molecule has 3 rings (SSSR count). The second kappa shape index (κ2) is 3.79. The van der Waals surface area contributed by atoms with Crippen molar-refractivity contribution in [2.24, 2.45) is 0 Å². The fourth-order valence-electron chi connectivity index (χ4n) is 1.83. The minimum Gasteiger partial charge on any atom is -0.399 e. The molecule has 0 aliphatic rings. The summed E-state index contributed by atoms with van der Waals surface area (Å²) in [6, 6.07) is 11.4. The lowest BCUT2D eigenvalue weighted by molar-refractivity contribution is 1.16. The third-order valence-corrected chi connectivity index (χ3v) is 2.91. The highest BCUT2D eigenvalue weighted by molar-refractivity contribution is 6.30. The highest BCUT2D eigenvalue weighted by Gasteiger charge is 2.05. The van der Waals surface area contributed by atoms with Gasteiger partial charge in [-0.2, -0.15) is 0 Å². The summed E-state index contributed by atoms with van der Waals surface area (Å²) in [5, 5.41) is 0.721. The largest absolute Gasteiger partial charge is 0.399 e. The van der Waals surface area contributed by atoms with E-state index in [4.69, 9.17) is 17.3 Å². The lowest BCUT2D eigenvalue weighted by Gasteiger charge is -2.02. The molecule has 84 valence electrons. The monoisotopic (exact) mass is 243 g/mol. The first kappa shape index (κ1) is 10.2. The van der Waals surface area contributed by atoms with E-state index in [2.05, 4.69) is 4.98 Å². The average Bonchev–Trinajstić information content (AvgIpc) is 2.73. The van der Waals surface area contributed by atoms with Gasteiger partial charge in [-0.05, 0) is 36.4 Å². The van der Waals surface area contributed by atoms with Gasteiger partial charge in [0.1, 0.15) is 5.82 Å². The summed E-state index contributed by atoms with van der Waals surface area (Å²) in [4.78, 5) is 4.40. The minimum atomic E-state index is 0.721. The van der Waals surface area contributed by atoms with Crippen LogP contribution in [-0.2, 0) is 0 Å². The third kappa shape index (κ3) is 1.74. The number of nitrogen functional groups attached to an aromatic ring is 1.